The van der Waals surface area contributed by atoms with Gasteiger partial charge in [0.15, 0.2) is 0 Å². The molecule has 2 aromatic carbocycles. The molecule has 23 heavy (non-hydrogen) atoms. The molecule has 3 aromatic rings. The Morgan fingerprint density at radius 2 is 1.78 bits per heavy atom. The van der Waals surface area contributed by atoms with E-state index >= 15 is 0 Å². The number of thiocarbonyl (C=S) groups is 1. The highest BCUT2D eigenvalue weighted by Crippen LogP contribution is 2.27. The van der Waals surface area contributed by atoms with Crippen molar-refractivity contribution in [2.75, 3.05) is 0 Å². The Kier molecular flexibility index (Phi) is 4.66. The Bertz CT molecular complexity index is 903. The Labute approximate surface area is 150 Å². The van der Waals surface area contributed by atoms with Crippen molar-refractivity contribution in [1.29, 1.82) is 0 Å². The molecule has 7 heteroatoms. The normalized spacial score (nSPS) is 10.5. The zero-order valence-electron chi connectivity index (χ0n) is 11.5. The molecule has 116 valence electrons. The first-order chi connectivity index (χ1) is 11.1. The summed E-state index contributed by atoms with van der Waals surface area (Å²) in [6.45, 7) is 0. The Morgan fingerprint density at radius 3 is 2.43 bits per heavy atom. The van der Waals surface area contributed by atoms with E-state index < -0.39 is 5.63 Å². The van der Waals surface area contributed by atoms with E-state index in [1.165, 1.54) is 4.74 Å². The third kappa shape index (κ3) is 3.39. The van der Waals surface area contributed by atoms with Gasteiger partial charge in [0.1, 0.15) is 15.9 Å². The van der Waals surface area contributed by atoms with Gasteiger partial charge in [-0.1, -0.05) is 41.9 Å². The molecule has 0 spiro atoms. The highest BCUT2D eigenvalue weighted by atomic mass is 79.9. The lowest BCUT2D eigenvalue weighted by Gasteiger charge is -2.09. The first-order valence-corrected chi connectivity index (χ1v) is 8.09. The Morgan fingerprint density at radius 1 is 1.13 bits per heavy atom. The van der Waals surface area contributed by atoms with E-state index in [0.29, 0.717) is 16.5 Å². The summed E-state index contributed by atoms with van der Waals surface area (Å²) in [6, 6.07) is 16.0. The third-order valence-electron chi connectivity index (χ3n) is 3.00. The fraction of sp³-hybridized carbons (Fsp3) is 0. The van der Waals surface area contributed by atoms with Crippen molar-refractivity contribution in [3.8, 4) is 17.0 Å². The number of halogens is 2. The fourth-order valence-electron chi connectivity index (χ4n) is 1.97. The van der Waals surface area contributed by atoms with Gasteiger partial charge in [-0.2, -0.15) is 0 Å². The number of nitrogens with zero attached hydrogens (tertiary/aromatic N) is 1. The molecule has 3 rings (SSSR count). The minimum absolute atomic E-state index is 0.00558. The van der Waals surface area contributed by atoms with Crippen LogP contribution < -0.4 is 10.4 Å². The van der Waals surface area contributed by atoms with Crippen LogP contribution in [0, 0.1) is 0 Å². The van der Waals surface area contributed by atoms with Gasteiger partial charge in [0.2, 0.25) is 0 Å². The smallest absolute Gasteiger partial charge is 0.373 e. The topological polar surface area (TPSA) is 44.4 Å². The molecule has 1 aromatic heterocycles. The van der Waals surface area contributed by atoms with Crippen molar-refractivity contribution in [3.05, 3.63) is 74.5 Å². The molecule has 0 aliphatic rings. The summed E-state index contributed by atoms with van der Waals surface area (Å²) in [4.78, 5) is 11.9. The van der Waals surface area contributed by atoms with E-state index in [1.807, 2.05) is 30.3 Å². The largest absolute Gasteiger partial charge is 0.430 e. The van der Waals surface area contributed by atoms with Crippen LogP contribution in [0.25, 0.3) is 11.3 Å². The van der Waals surface area contributed by atoms with Gasteiger partial charge in [0.25, 0.3) is 0 Å². The van der Waals surface area contributed by atoms with Crippen LogP contribution in [0.1, 0.15) is 0 Å². The molecule has 0 aliphatic heterocycles. The Hall–Kier alpha value is -1.89. The molecule has 0 saturated carbocycles. The molecule has 0 unspecified atom stereocenters. The van der Waals surface area contributed by atoms with Crippen LogP contribution in [0.5, 0.6) is 5.75 Å². The number of hydrogen-bond acceptors (Lipinski definition) is 4. The molecular formula is C16H9BrClNO3S. The van der Waals surface area contributed by atoms with Crippen LogP contribution in [0.4, 0.5) is 0 Å². The lowest BCUT2D eigenvalue weighted by Crippen LogP contribution is -2.17. The van der Waals surface area contributed by atoms with Crippen LogP contribution in [-0.4, -0.2) is 9.91 Å². The van der Waals surface area contributed by atoms with Gasteiger partial charge in [0, 0.05) is 10.6 Å². The van der Waals surface area contributed by atoms with Crippen molar-refractivity contribution < 1.29 is 9.26 Å². The average molecular weight is 411 g/mol. The molecule has 0 fully saturated rings. The second-order valence-electron chi connectivity index (χ2n) is 4.52. The van der Waals surface area contributed by atoms with E-state index in [0.717, 1.165) is 5.56 Å². The van der Waals surface area contributed by atoms with Gasteiger partial charge >= 0.3 is 10.8 Å². The van der Waals surface area contributed by atoms with Gasteiger partial charge in [0.05, 0.1) is 0 Å². The van der Waals surface area contributed by atoms with Gasteiger partial charge in [-0.3, -0.25) is 0 Å². The van der Waals surface area contributed by atoms with E-state index in [9.17, 15) is 4.79 Å². The summed E-state index contributed by atoms with van der Waals surface area (Å²) >= 11 is 14.3. The van der Waals surface area contributed by atoms with Crippen LogP contribution in [-0.2, 0) is 0 Å². The molecule has 0 aliphatic carbocycles. The van der Waals surface area contributed by atoms with E-state index in [2.05, 4.69) is 15.9 Å². The summed E-state index contributed by atoms with van der Waals surface area (Å²) in [7, 11) is 0. The van der Waals surface area contributed by atoms with Crippen molar-refractivity contribution in [1.82, 2.24) is 4.74 Å². The van der Waals surface area contributed by atoms with Gasteiger partial charge in [-0.15, -0.1) is 4.74 Å². The lowest BCUT2D eigenvalue weighted by atomic mass is 10.1. The quantitative estimate of drug-likeness (QED) is 0.573. The maximum absolute atomic E-state index is 11.9. The zero-order chi connectivity index (χ0) is 16.4. The highest BCUT2D eigenvalue weighted by molar-refractivity contribution is 9.10. The molecule has 0 saturated heterocycles. The van der Waals surface area contributed by atoms with Crippen LogP contribution >= 0.6 is 39.7 Å². The summed E-state index contributed by atoms with van der Waals surface area (Å²) in [5.74, 6) is 0.492. The first kappa shape index (κ1) is 16.0. The zero-order valence-corrected chi connectivity index (χ0v) is 14.7. The minimum Gasteiger partial charge on any atom is -0.430 e. The predicted octanol–water partition coefficient (Wildman–Crippen LogP) is 4.74. The van der Waals surface area contributed by atoms with Crippen LogP contribution in [0.3, 0.4) is 0 Å². The summed E-state index contributed by atoms with van der Waals surface area (Å²) in [6.07, 6.45) is 0. The molecular weight excluding hydrogens is 402 g/mol. The maximum Gasteiger partial charge on any atom is 0.373 e. The number of aromatic nitrogens is 1. The number of benzene rings is 2. The highest BCUT2D eigenvalue weighted by Gasteiger charge is 2.20. The van der Waals surface area contributed by atoms with Crippen molar-refractivity contribution in [2.24, 2.45) is 0 Å². The molecule has 0 radical (unpaired) electrons. The van der Waals surface area contributed by atoms with Gasteiger partial charge < -0.3 is 9.26 Å². The second kappa shape index (κ2) is 6.70. The van der Waals surface area contributed by atoms with E-state index in [4.69, 9.17) is 33.1 Å². The van der Waals surface area contributed by atoms with Crippen molar-refractivity contribution >= 4 is 44.9 Å². The SMILES string of the molecule is O=c1on(C(=S)Oc2ccc(Cl)cc2)c(-c2ccccc2)c1Br. The molecule has 4 nitrogen and oxygen atoms in total. The molecule has 0 bridgehead atoms. The summed E-state index contributed by atoms with van der Waals surface area (Å²) in [5, 5.41) is 0.581. The standard InChI is InChI=1S/C16H9BrClNO3S/c17-13-14(10-4-2-1-3-5-10)19(22-15(13)20)16(23)21-12-8-6-11(18)7-9-12/h1-9H. The van der Waals surface area contributed by atoms with Crippen molar-refractivity contribution in [3.63, 3.8) is 0 Å². The Balaban J connectivity index is 2.00. The van der Waals surface area contributed by atoms with Crippen LogP contribution in [0.2, 0.25) is 5.02 Å². The second-order valence-corrected chi connectivity index (χ2v) is 6.10. The molecule has 0 amide bonds. The van der Waals surface area contributed by atoms with E-state index in [-0.39, 0.29) is 9.65 Å². The number of rotatable bonds is 2. The van der Waals surface area contributed by atoms with Crippen LogP contribution in [0.15, 0.2) is 68.4 Å². The first-order valence-electron chi connectivity index (χ1n) is 6.51. The van der Waals surface area contributed by atoms with Crippen molar-refractivity contribution in [2.45, 2.75) is 0 Å². The van der Waals surface area contributed by atoms with Gasteiger partial charge in [-0.05, 0) is 52.4 Å². The van der Waals surface area contributed by atoms with E-state index in [1.54, 1.807) is 24.3 Å². The summed E-state index contributed by atoms with van der Waals surface area (Å²) in [5.41, 5.74) is 0.729. The number of hydrogen-bond donors (Lipinski definition) is 0. The molecule has 0 atom stereocenters. The van der Waals surface area contributed by atoms with Gasteiger partial charge in [-0.25, -0.2) is 4.79 Å². The average Bonchev–Trinajstić information content (AvgIpc) is 2.86. The fourth-order valence-corrected chi connectivity index (χ4v) is 2.78. The summed E-state index contributed by atoms with van der Waals surface area (Å²) < 4.78 is 12.2. The lowest BCUT2D eigenvalue weighted by molar-refractivity contribution is 0.316. The maximum atomic E-state index is 11.9. The predicted molar refractivity (Wildman–Crippen MR) is 96.2 cm³/mol. The molecule has 1 heterocycles. The number of ether oxygens (including phenoxy) is 1. The molecule has 0 N–H and O–H groups in total. The monoisotopic (exact) mass is 409 g/mol. The minimum atomic E-state index is -0.536. The third-order valence-corrected chi connectivity index (χ3v) is 4.20.